The van der Waals surface area contributed by atoms with E-state index in [9.17, 15) is 9.90 Å². The second kappa shape index (κ2) is 9.17. The van der Waals surface area contributed by atoms with Crippen molar-refractivity contribution in [2.24, 2.45) is 0 Å². The van der Waals surface area contributed by atoms with E-state index in [0.717, 1.165) is 22.6 Å². The van der Waals surface area contributed by atoms with Crippen LogP contribution in [0.3, 0.4) is 0 Å². The van der Waals surface area contributed by atoms with Crippen LogP contribution in [0.2, 0.25) is 0 Å². The van der Waals surface area contributed by atoms with Crippen molar-refractivity contribution in [1.82, 2.24) is 10.6 Å². The molecular formula is C17H22N2O3S. The zero-order valence-corrected chi connectivity index (χ0v) is 13.9. The molecule has 0 radical (unpaired) electrons. The molecule has 5 nitrogen and oxygen atoms in total. The third-order valence-corrected chi connectivity index (χ3v) is 4.41. The Labute approximate surface area is 140 Å². The van der Waals surface area contributed by atoms with Crippen molar-refractivity contribution in [2.75, 3.05) is 20.2 Å². The number of methoxy groups -OCH3 is 1. The van der Waals surface area contributed by atoms with Gasteiger partial charge in [0.1, 0.15) is 5.75 Å². The molecule has 0 fully saturated rings. The van der Waals surface area contributed by atoms with Crippen LogP contribution in [-0.4, -0.2) is 31.3 Å². The van der Waals surface area contributed by atoms with Crippen LogP contribution in [0, 0.1) is 0 Å². The smallest absolute Gasteiger partial charge is 0.314 e. The predicted molar refractivity (Wildman–Crippen MR) is 92.0 cm³/mol. The van der Waals surface area contributed by atoms with Crippen molar-refractivity contribution < 1.29 is 14.6 Å². The SMILES string of the molecule is COc1ccc(CCNC(=O)NCC[C@H](O)c2cccs2)cc1. The minimum atomic E-state index is -0.519. The van der Waals surface area contributed by atoms with Crippen LogP contribution in [0.4, 0.5) is 4.79 Å². The summed E-state index contributed by atoms with van der Waals surface area (Å²) in [4.78, 5) is 12.6. The first-order valence-electron chi connectivity index (χ1n) is 7.55. The summed E-state index contributed by atoms with van der Waals surface area (Å²) in [6, 6.07) is 11.4. The molecule has 0 aliphatic heterocycles. The number of carbonyl (C=O) groups is 1. The molecule has 6 heteroatoms. The number of hydrogen-bond donors (Lipinski definition) is 3. The Bertz CT molecular complexity index is 584. The third kappa shape index (κ3) is 5.92. The summed E-state index contributed by atoms with van der Waals surface area (Å²) < 4.78 is 5.10. The first kappa shape index (κ1) is 17.3. The number of hydrogen-bond acceptors (Lipinski definition) is 4. The molecule has 1 aromatic carbocycles. The number of thiophene rings is 1. The number of aliphatic hydroxyl groups is 1. The lowest BCUT2D eigenvalue weighted by atomic mass is 10.1. The molecule has 2 aromatic rings. The molecule has 1 atom stereocenters. The van der Waals surface area contributed by atoms with E-state index >= 15 is 0 Å². The lowest BCUT2D eigenvalue weighted by Crippen LogP contribution is -2.37. The van der Waals surface area contributed by atoms with Gasteiger partial charge in [-0.05, 0) is 42.0 Å². The molecule has 0 aliphatic carbocycles. The number of ether oxygens (including phenoxy) is 1. The minimum absolute atomic E-state index is 0.211. The van der Waals surface area contributed by atoms with Gasteiger partial charge in [-0.15, -0.1) is 11.3 Å². The van der Waals surface area contributed by atoms with Gasteiger partial charge >= 0.3 is 6.03 Å². The monoisotopic (exact) mass is 334 g/mol. The predicted octanol–water partition coefficient (Wildman–Crippen LogP) is 2.72. The largest absolute Gasteiger partial charge is 0.497 e. The molecule has 1 aromatic heterocycles. The molecule has 0 saturated heterocycles. The van der Waals surface area contributed by atoms with Crippen molar-refractivity contribution in [3.05, 3.63) is 52.2 Å². The van der Waals surface area contributed by atoms with Crippen molar-refractivity contribution in [3.63, 3.8) is 0 Å². The Morgan fingerprint density at radius 3 is 2.61 bits per heavy atom. The topological polar surface area (TPSA) is 70.6 Å². The number of aliphatic hydroxyl groups excluding tert-OH is 1. The molecule has 0 spiro atoms. The van der Waals surface area contributed by atoms with Gasteiger partial charge < -0.3 is 20.5 Å². The maximum atomic E-state index is 11.7. The molecule has 2 amide bonds. The summed E-state index contributed by atoms with van der Waals surface area (Å²) in [5.74, 6) is 0.823. The third-order valence-electron chi connectivity index (χ3n) is 3.43. The van der Waals surface area contributed by atoms with Gasteiger partial charge in [0, 0.05) is 18.0 Å². The Balaban J connectivity index is 1.59. The first-order chi connectivity index (χ1) is 11.2. The van der Waals surface area contributed by atoms with Crippen LogP contribution in [0.25, 0.3) is 0 Å². The Morgan fingerprint density at radius 1 is 1.22 bits per heavy atom. The highest BCUT2D eigenvalue weighted by Gasteiger charge is 2.08. The summed E-state index contributed by atoms with van der Waals surface area (Å²) in [5, 5.41) is 17.4. The molecule has 23 heavy (non-hydrogen) atoms. The van der Waals surface area contributed by atoms with Crippen LogP contribution in [0.5, 0.6) is 5.75 Å². The fourth-order valence-electron chi connectivity index (χ4n) is 2.12. The van der Waals surface area contributed by atoms with Crippen molar-refractivity contribution in [2.45, 2.75) is 18.9 Å². The van der Waals surface area contributed by atoms with Gasteiger partial charge in [0.15, 0.2) is 0 Å². The van der Waals surface area contributed by atoms with E-state index in [0.29, 0.717) is 19.5 Å². The van der Waals surface area contributed by atoms with Crippen molar-refractivity contribution in [1.29, 1.82) is 0 Å². The normalized spacial score (nSPS) is 11.7. The second-order valence-corrected chi connectivity index (χ2v) is 6.08. The zero-order chi connectivity index (χ0) is 16.5. The second-order valence-electron chi connectivity index (χ2n) is 5.10. The molecule has 2 rings (SSSR count). The molecule has 0 saturated carbocycles. The highest BCUT2D eigenvalue weighted by Crippen LogP contribution is 2.20. The van der Waals surface area contributed by atoms with Crippen LogP contribution in [-0.2, 0) is 6.42 Å². The van der Waals surface area contributed by atoms with Crippen LogP contribution >= 0.6 is 11.3 Å². The van der Waals surface area contributed by atoms with E-state index in [1.807, 2.05) is 41.8 Å². The number of carbonyl (C=O) groups excluding carboxylic acids is 1. The minimum Gasteiger partial charge on any atom is -0.497 e. The molecule has 0 bridgehead atoms. The highest BCUT2D eigenvalue weighted by atomic mass is 32.1. The average Bonchev–Trinajstić information content (AvgIpc) is 3.10. The highest BCUT2D eigenvalue weighted by molar-refractivity contribution is 7.10. The lowest BCUT2D eigenvalue weighted by Gasteiger charge is -2.10. The van der Waals surface area contributed by atoms with Gasteiger partial charge in [-0.3, -0.25) is 0 Å². The standard InChI is InChI=1S/C17H22N2O3S/c1-22-14-6-4-13(5-7-14)8-10-18-17(21)19-11-9-15(20)16-3-2-12-23-16/h2-7,12,15,20H,8-11H2,1H3,(H2,18,19,21)/t15-/m0/s1. The Hall–Kier alpha value is -2.05. The molecule has 0 aliphatic rings. The van der Waals surface area contributed by atoms with Crippen molar-refractivity contribution in [3.8, 4) is 5.75 Å². The summed E-state index contributed by atoms with van der Waals surface area (Å²) in [6.45, 7) is 0.999. The fourth-order valence-corrected chi connectivity index (χ4v) is 2.87. The van der Waals surface area contributed by atoms with Crippen LogP contribution in [0.1, 0.15) is 23.0 Å². The summed E-state index contributed by atoms with van der Waals surface area (Å²) in [5.41, 5.74) is 1.14. The quantitative estimate of drug-likeness (QED) is 0.695. The van der Waals surface area contributed by atoms with Gasteiger partial charge in [-0.2, -0.15) is 0 Å². The Morgan fingerprint density at radius 2 is 1.96 bits per heavy atom. The summed E-state index contributed by atoms with van der Waals surface area (Å²) >= 11 is 1.52. The first-order valence-corrected chi connectivity index (χ1v) is 8.43. The van der Waals surface area contributed by atoms with Gasteiger partial charge in [-0.25, -0.2) is 4.79 Å². The fraction of sp³-hybridized carbons (Fsp3) is 0.353. The van der Waals surface area contributed by atoms with Crippen LogP contribution < -0.4 is 15.4 Å². The van der Waals surface area contributed by atoms with E-state index in [1.165, 1.54) is 11.3 Å². The van der Waals surface area contributed by atoms with E-state index in [1.54, 1.807) is 7.11 Å². The maximum Gasteiger partial charge on any atom is 0.314 e. The van der Waals surface area contributed by atoms with E-state index in [4.69, 9.17) is 4.74 Å². The molecular weight excluding hydrogens is 312 g/mol. The van der Waals surface area contributed by atoms with Gasteiger partial charge in [0.25, 0.3) is 0 Å². The molecule has 3 N–H and O–H groups in total. The number of benzene rings is 1. The van der Waals surface area contributed by atoms with E-state index in [2.05, 4.69) is 10.6 Å². The number of rotatable bonds is 8. The zero-order valence-electron chi connectivity index (χ0n) is 13.1. The Kier molecular flexibility index (Phi) is 6.90. The van der Waals surface area contributed by atoms with Crippen molar-refractivity contribution >= 4 is 17.4 Å². The number of nitrogens with one attached hydrogen (secondary N) is 2. The van der Waals surface area contributed by atoms with E-state index < -0.39 is 6.10 Å². The summed E-state index contributed by atoms with van der Waals surface area (Å²) in [6.07, 6.45) is 0.747. The van der Waals surface area contributed by atoms with Gasteiger partial charge in [0.05, 0.1) is 13.2 Å². The van der Waals surface area contributed by atoms with Gasteiger partial charge in [0.2, 0.25) is 0 Å². The number of amides is 2. The van der Waals surface area contributed by atoms with Crippen LogP contribution in [0.15, 0.2) is 41.8 Å². The van der Waals surface area contributed by atoms with E-state index in [-0.39, 0.29) is 6.03 Å². The molecule has 124 valence electrons. The molecule has 1 heterocycles. The van der Waals surface area contributed by atoms with Gasteiger partial charge in [-0.1, -0.05) is 18.2 Å². The lowest BCUT2D eigenvalue weighted by molar-refractivity contribution is 0.170. The summed E-state index contributed by atoms with van der Waals surface area (Å²) in [7, 11) is 1.64. The maximum absolute atomic E-state index is 11.7. The molecule has 0 unspecified atom stereocenters. The average molecular weight is 334 g/mol. The number of urea groups is 1.